The molecule has 4 N–H and O–H groups in total. The Kier molecular flexibility index (Phi) is 3.72. The monoisotopic (exact) mass is 247 g/mol. The van der Waals surface area contributed by atoms with Gasteiger partial charge in [-0.05, 0) is 18.6 Å². The number of hydrogen-bond acceptors (Lipinski definition) is 3. The average Bonchev–Trinajstić information content (AvgIpc) is 2.19. The van der Waals surface area contributed by atoms with E-state index in [4.69, 9.17) is 22.4 Å². The molecule has 0 saturated heterocycles. The predicted molar refractivity (Wildman–Crippen MR) is 57.0 cm³/mol. The molecule has 1 rings (SSSR count). The van der Waals surface area contributed by atoms with Crippen molar-refractivity contribution in [1.29, 1.82) is 0 Å². The first-order valence-corrected chi connectivity index (χ1v) is 4.87. The van der Waals surface area contributed by atoms with E-state index in [1.165, 1.54) is 6.07 Å². The number of phenolic OH excluding ortho intramolecular Hbond substituents is 1. The number of benzene rings is 1. The van der Waals surface area contributed by atoms with Gasteiger partial charge in [-0.2, -0.15) is 0 Å². The standard InChI is InChI=1S/C10H11ClFNO3/c1-4-2-5(6(13)3-7(14)15)9(12)10(16)8(4)11/h2,6,16H,3,13H2,1H3,(H,14,15). The molecule has 6 heteroatoms. The van der Waals surface area contributed by atoms with Crippen LogP contribution in [0.4, 0.5) is 4.39 Å². The van der Waals surface area contributed by atoms with Gasteiger partial charge in [0.15, 0.2) is 11.6 Å². The number of aliphatic carboxylic acids is 1. The number of rotatable bonds is 3. The highest BCUT2D eigenvalue weighted by Crippen LogP contribution is 2.34. The van der Waals surface area contributed by atoms with Crippen LogP contribution in [0.25, 0.3) is 0 Å². The minimum absolute atomic E-state index is 0.0539. The summed E-state index contributed by atoms with van der Waals surface area (Å²) in [6.07, 6.45) is -0.419. The Balaban J connectivity index is 3.19. The van der Waals surface area contributed by atoms with Crippen molar-refractivity contribution in [3.8, 4) is 5.75 Å². The maximum atomic E-state index is 13.5. The van der Waals surface area contributed by atoms with E-state index in [-0.39, 0.29) is 10.6 Å². The Morgan fingerprint density at radius 3 is 2.75 bits per heavy atom. The van der Waals surface area contributed by atoms with Gasteiger partial charge < -0.3 is 15.9 Å². The van der Waals surface area contributed by atoms with Crippen molar-refractivity contribution in [2.45, 2.75) is 19.4 Å². The topological polar surface area (TPSA) is 83.6 Å². The summed E-state index contributed by atoms with van der Waals surface area (Å²) in [6, 6.07) is 0.324. The van der Waals surface area contributed by atoms with Gasteiger partial charge in [-0.1, -0.05) is 11.6 Å². The van der Waals surface area contributed by atoms with Crippen LogP contribution in [0, 0.1) is 12.7 Å². The van der Waals surface area contributed by atoms with E-state index >= 15 is 0 Å². The molecular formula is C10H11ClFNO3. The Labute approximate surface area is 96.4 Å². The number of hydrogen-bond donors (Lipinski definition) is 3. The quantitative estimate of drug-likeness (QED) is 0.762. The Morgan fingerprint density at radius 1 is 1.69 bits per heavy atom. The first-order chi connectivity index (χ1) is 7.34. The van der Waals surface area contributed by atoms with Crippen LogP contribution in [0.5, 0.6) is 5.75 Å². The zero-order valence-electron chi connectivity index (χ0n) is 8.50. The van der Waals surface area contributed by atoms with Gasteiger partial charge in [0, 0.05) is 11.6 Å². The third kappa shape index (κ3) is 2.43. The summed E-state index contributed by atoms with van der Waals surface area (Å²) in [4.78, 5) is 10.4. The predicted octanol–water partition coefficient (Wildman–Crippen LogP) is 1.97. The first kappa shape index (κ1) is 12.7. The van der Waals surface area contributed by atoms with Crippen molar-refractivity contribution in [3.63, 3.8) is 0 Å². The highest BCUT2D eigenvalue weighted by molar-refractivity contribution is 6.32. The van der Waals surface area contributed by atoms with Gasteiger partial charge >= 0.3 is 5.97 Å². The molecule has 0 radical (unpaired) electrons. The highest BCUT2D eigenvalue weighted by Gasteiger charge is 2.20. The molecule has 0 aliphatic heterocycles. The molecule has 0 aliphatic carbocycles. The van der Waals surface area contributed by atoms with Gasteiger partial charge in [0.1, 0.15) is 0 Å². The van der Waals surface area contributed by atoms with Crippen molar-refractivity contribution in [3.05, 3.63) is 28.0 Å². The Morgan fingerprint density at radius 2 is 2.25 bits per heavy atom. The minimum atomic E-state index is -1.14. The zero-order chi connectivity index (χ0) is 12.5. The summed E-state index contributed by atoms with van der Waals surface area (Å²) < 4.78 is 13.5. The molecule has 0 heterocycles. The first-order valence-electron chi connectivity index (χ1n) is 4.49. The molecule has 1 aromatic rings. The number of aromatic hydroxyl groups is 1. The summed E-state index contributed by atoms with van der Waals surface area (Å²) in [6.45, 7) is 1.57. The highest BCUT2D eigenvalue weighted by atomic mass is 35.5. The van der Waals surface area contributed by atoms with Crippen molar-refractivity contribution < 1.29 is 19.4 Å². The molecule has 0 amide bonds. The second-order valence-electron chi connectivity index (χ2n) is 3.46. The lowest BCUT2D eigenvalue weighted by molar-refractivity contribution is -0.137. The van der Waals surface area contributed by atoms with E-state index < -0.39 is 30.0 Å². The third-order valence-corrected chi connectivity index (χ3v) is 2.66. The van der Waals surface area contributed by atoms with Crippen LogP contribution in [0.2, 0.25) is 5.02 Å². The largest absolute Gasteiger partial charge is 0.504 e. The summed E-state index contributed by atoms with van der Waals surface area (Å²) >= 11 is 5.62. The summed E-state index contributed by atoms with van der Waals surface area (Å²) in [7, 11) is 0. The lowest BCUT2D eigenvalue weighted by Gasteiger charge is -2.13. The number of aryl methyl sites for hydroxylation is 1. The normalized spacial score (nSPS) is 12.5. The summed E-state index contributed by atoms with van der Waals surface area (Å²) in [5.74, 6) is -2.80. The number of nitrogens with two attached hydrogens (primary N) is 1. The van der Waals surface area contributed by atoms with E-state index in [0.29, 0.717) is 5.56 Å². The van der Waals surface area contributed by atoms with Crippen LogP contribution in [-0.4, -0.2) is 16.2 Å². The third-order valence-electron chi connectivity index (χ3n) is 2.18. The van der Waals surface area contributed by atoms with Gasteiger partial charge in [0.05, 0.1) is 11.4 Å². The second kappa shape index (κ2) is 4.67. The van der Waals surface area contributed by atoms with E-state index in [9.17, 15) is 14.3 Å². The fourth-order valence-electron chi connectivity index (χ4n) is 1.35. The summed E-state index contributed by atoms with van der Waals surface area (Å²) in [5.41, 5.74) is 5.90. The smallest absolute Gasteiger partial charge is 0.305 e. The van der Waals surface area contributed by atoms with Gasteiger partial charge in [0.25, 0.3) is 0 Å². The zero-order valence-corrected chi connectivity index (χ0v) is 9.25. The van der Waals surface area contributed by atoms with Crippen molar-refractivity contribution in [2.24, 2.45) is 5.73 Å². The molecule has 1 aromatic carbocycles. The summed E-state index contributed by atoms with van der Waals surface area (Å²) in [5, 5.41) is 17.8. The Bertz CT molecular complexity index is 437. The van der Waals surface area contributed by atoms with Crippen LogP contribution in [0.1, 0.15) is 23.6 Å². The van der Waals surface area contributed by atoms with E-state index in [0.717, 1.165) is 0 Å². The molecule has 4 nitrogen and oxygen atoms in total. The van der Waals surface area contributed by atoms with Crippen molar-refractivity contribution >= 4 is 17.6 Å². The SMILES string of the molecule is Cc1cc(C(N)CC(=O)O)c(F)c(O)c1Cl. The van der Waals surface area contributed by atoms with Crippen LogP contribution >= 0.6 is 11.6 Å². The molecule has 1 unspecified atom stereocenters. The molecule has 0 aromatic heterocycles. The molecule has 1 atom stereocenters. The van der Waals surface area contributed by atoms with Gasteiger partial charge in [-0.25, -0.2) is 4.39 Å². The maximum absolute atomic E-state index is 13.5. The fourth-order valence-corrected chi connectivity index (χ4v) is 1.49. The van der Waals surface area contributed by atoms with Crippen molar-refractivity contribution in [1.82, 2.24) is 0 Å². The van der Waals surface area contributed by atoms with E-state index in [1.807, 2.05) is 0 Å². The molecule has 16 heavy (non-hydrogen) atoms. The number of carboxylic acid groups (broad SMARTS) is 1. The molecule has 88 valence electrons. The molecule has 0 saturated carbocycles. The average molecular weight is 248 g/mol. The van der Waals surface area contributed by atoms with E-state index in [2.05, 4.69) is 0 Å². The van der Waals surface area contributed by atoms with Crippen LogP contribution in [-0.2, 0) is 4.79 Å². The number of halogens is 2. The van der Waals surface area contributed by atoms with Crippen LogP contribution in [0.3, 0.4) is 0 Å². The minimum Gasteiger partial charge on any atom is -0.504 e. The number of carboxylic acids is 1. The molecular weight excluding hydrogens is 237 g/mol. The molecule has 0 bridgehead atoms. The number of phenols is 1. The van der Waals surface area contributed by atoms with Gasteiger partial charge in [-0.15, -0.1) is 0 Å². The maximum Gasteiger partial charge on any atom is 0.305 e. The molecule has 0 aliphatic rings. The number of carbonyl (C=O) groups is 1. The van der Waals surface area contributed by atoms with Gasteiger partial charge in [0.2, 0.25) is 0 Å². The Hall–Kier alpha value is -1.33. The van der Waals surface area contributed by atoms with Crippen LogP contribution in [0.15, 0.2) is 6.07 Å². The molecule has 0 spiro atoms. The van der Waals surface area contributed by atoms with Crippen molar-refractivity contribution in [2.75, 3.05) is 0 Å². The lowest BCUT2D eigenvalue weighted by atomic mass is 10.0. The fraction of sp³-hybridized carbons (Fsp3) is 0.300. The molecule has 0 fully saturated rings. The van der Waals surface area contributed by atoms with Gasteiger partial charge in [-0.3, -0.25) is 4.79 Å². The second-order valence-corrected chi connectivity index (χ2v) is 3.84. The van der Waals surface area contributed by atoms with Crippen LogP contribution < -0.4 is 5.73 Å². The lowest BCUT2D eigenvalue weighted by Crippen LogP contribution is -2.16. The van der Waals surface area contributed by atoms with E-state index in [1.54, 1.807) is 6.92 Å².